The molecule has 0 unspecified atom stereocenters. The van der Waals surface area contributed by atoms with Crippen LogP contribution in [0.5, 0.6) is 0 Å². The van der Waals surface area contributed by atoms with Gasteiger partial charge in [-0.25, -0.2) is 4.79 Å². The topological polar surface area (TPSA) is 84.5 Å². The summed E-state index contributed by atoms with van der Waals surface area (Å²) in [7, 11) is 1.24. The van der Waals surface area contributed by atoms with Crippen LogP contribution in [-0.2, 0) is 19.1 Å². The highest BCUT2D eigenvalue weighted by Crippen LogP contribution is 1.89. The van der Waals surface area contributed by atoms with Gasteiger partial charge in [-0.1, -0.05) is 0 Å². The van der Waals surface area contributed by atoms with E-state index in [2.05, 4.69) is 15.4 Å². The number of carbonyl (C=O) groups excluding carboxylic acids is 3. The summed E-state index contributed by atoms with van der Waals surface area (Å²) in [6, 6.07) is -1.40. The van der Waals surface area contributed by atoms with Crippen molar-refractivity contribution in [3.8, 4) is 0 Å². The van der Waals surface area contributed by atoms with Crippen molar-refractivity contribution >= 4 is 17.8 Å². The second-order valence-electron chi connectivity index (χ2n) is 3.18. The molecule has 0 spiro atoms. The van der Waals surface area contributed by atoms with Gasteiger partial charge in [0.2, 0.25) is 11.8 Å². The number of carbonyl (C=O) groups is 3. The number of hydrogen-bond donors (Lipinski definition) is 2. The molecule has 0 aromatic heterocycles. The zero-order chi connectivity index (χ0) is 12.0. The molecule has 6 heteroatoms. The Morgan fingerprint density at radius 1 is 1.07 bits per heavy atom. The van der Waals surface area contributed by atoms with Crippen molar-refractivity contribution in [2.24, 2.45) is 0 Å². The van der Waals surface area contributed by atoms with Crippen molar-refractivity contribution in [1.82, 2.24) is 10.6 Å². The van der Waals surface area contributed by atoms with E-state index >= 15 is 0 Å². The quantitative estimate of drug-likeness (QED) is 0.602. The second-order valence-corrected chi connectivity index (χ2v) is 3.18. The molecule has 6 nitrogen and oxygen atoms in total. The Morgan fingerprint density at radius 2 is 1.60 bits per heavy atom. The molecular weight excluding hydrogens is 200 g/mol. The van der Waals surface area contributed by atoms with Crippen LogP contribution in [0.15, 0.2) is 0 Å². The fraction of sp³-hybridized carbons (Fsp3) is 0.667. The summed E-state index contributed by atoms with van der Waals surface area (Å²) in [5, 5.41) is 4.81. The molecule has 0 saturated carbocycles. The van der Waals surface area contributed by atoms with Gasteiger partial charge in [-0.05, 0) is 13.8 Å². The highest BCUT2D eigenvalue weighted by Gasteiger charge is 2.20. The smallest absolute Gasteiger partial charge is 0.328 e. The maximum Gasteiger partial charge on any atom is 0.328 e. The number of hydrogen-bond acceptors (Lipinski definition) is 4. The van der Waals surface area contributed by atoms with Crippen LogP contribution in [0.1, 0.15) is 20.8 Å². The standard InChI is InChI=1S/C9H16N2O4/c1-5(10-7(3)12)8(13)11-6(2)9(14)15-4/h5-6H,1-4H3,(H,10,12)(H,11,13)/t5-,6-/m1/s1. The van der Waals surface area contributed by atoms with Crippen LogP contribution in [0.2, 0.25) is 0 Å². The summed E-state index contributed by atoms with van der Waals surface area (Å²) < 4.78 is 4.43. The molecule has 86 valence electrons. The number of esters is 1. The van der Waals surface area contributed by atoms with Crippen molar-refractivity contribution in [3.63, 3.8) is 0 Å². The maximum atomic E-state index is 11.4. The van der Waals surface area contributed by atoms with Gasteiger partial charge in [0.25, 0.3) is 0 Å². The Bertz CT molecular complexity index is 265. The Labute approximate surface area is 88.4 Å². The first-order valence-corrected chi connectivity index (χ1v) is 4.53. The molecule has 15 heavy (non-hydrogen) atoms. The molecule has 2 N–H and O–H groups in total. The largest absolute Gasteiger partial charge is 0.467 e. The summed E-state index contributed by atoms with van der Waals surface area (Å²) in [5.74, 6) is -1.26. The first kappa shape index (κ1) is 13.4. The zero-order valence-corrected chi connectivity index (χ0v) is 9.29. The third-order valence-electron chi connectivity index (χ3n) is 1.73. The van der Waals surface area contributed by atoms with Gasteiger partial charge in [0, 0.05) is 6.92 Å². The Kier molecular flexibility index (Phi) is 5.36. The Balaban J connectivity index is 4.12. The zero-order valence-electron chi connectivity index (χ0n) is 9.29. The minimum atomic E-state index is -0.723. The predicted molar refractivity (Wildman–Crippen MR) is 52.9 cm³/mol. The van der Waals surface area contributed by atoms with Crippen LogP contribution in [0.25, 0.3) is 0 Å². The lowest BCUT2D eigenvalue weighted by atomic mass is 10.2. The molecular formula is C9H16N2O4. The molecule has 0 bridgehead atoms. The summed E-state index contributed by atoms with van der Waals surface area (Å²) >= 11 is 0. The number of ether oxygens (including phenoxy) is 1. The summed E-state index contributed by atoms with van der Waals surface area (Å²) in [5.41, 5.74) is 0. The van der Waals surface area contributed by atoms with Gasteiger partial charge in [0.1, 0.15) is 12.1 Å². The van der Waals surface area contributed by atoms with Gasteiger partial charge in [-0.2, -0.15) is 0 Å². The molecule has 0 fully saturated rings. The predicted octanol–water partition coefficient (Wildman–Crippen LogP) is -0.811. The van der Waals surface area contributed by atoms with E-state index < -0.39 is 24.0 Å². The van der Waals surface area contributed by atoms with Crippen LogP contribution >= 0.6 is 0 Å². The number of rotatable bonds is 4. The van der Waals surface area contributed by atoms with Gasteiger partial charge < -0.3 is 15.4 Å². The van der Waals surface area contributed by atoms with E-state index in [1.165, 1.54) is 27.9 Å². The molecule has 0 radical (unpaired) electrons. The fourth-order valence-electron chi connectivity index (χ4n) is 0.945. The lowest BCUT2D eigenvalue weighted by Crippen LogP contribution is -2.49. The second kappa shape index (κ2) is 6.00. The van der Waals surface area contributed by atoms with E-state index in [0.29, 0.717) is 0 Å². The van der Waals surface area contributed by atoms with Gasteiger partial charge in [-0.15, -0.1) is 0 Å². The molecule has 0 aromatic carbocycles. The van der Waals surface area contributed by atoms with Crippen molar-refractivity contribution in [2.75, 3.05) is 7.11 Å². The van der Waals surface area contributed by atoms with E-state index in [1.807, 2.05) is 0 Å². The van der Waals surface area contributed by atoms with Gasteiger partial charge in [0.05, 0.1) is 7.11 Å². The van der Waals surface area contributed by atoms with Crippen molar-refractivity contribution < 1.29 is 19.1 Å². The number of methoxy groups -OCH3 is 1. The van der Waals surface area contributed by atoms with Crippen molar-refractivity contribution in [2.45, 2.75) is 32.9 Å². The third kappa shape index (κ3) is 4.99. The van der Waals surface area contributed by atoms with Crippen LogP contribution in [0.3, 0.4) is 0 Å². The monoisotopic (exact) mass is 216 g/mol. The average molecular weight is 216 g/mol. The van der Waals surface area contributed by atoms with E-state index in [-0.39, 0.29) is 5.91 Å². The summed E-state index contributed by atoms with van der Waals surface area (Å²) in [6.45, 7) is 4.35. The first-order chi connectivity index (χ1) is 6.88. The van der Waals surface area contributed by atoms with Crippen LogP contribution in [0.4, 0.5) is 0 Å². The SMILES string of the molecule is COC(=O)[C@@H](C)NC(=O)[C@@H](C)NC(C)=O. The van der Waals surface area contributed by atoms with E-state index in [1.54, 1.807) is 0 Å². The lowest BCUT2D eigenvalue weighted by molar-refractivity contribution is -0.144. The highest BCUT2D eigenvalue weighted by atomic mass is 16.5. The van der Waals surface area contributed by atoms with E-state index in [0.717, 1.165) is 0 Å². The molecule has 0 aliphatic rings. The Hall–Kier alpha value is -1.59. The molecule has 0 rings (SSSR count). The van der Waals surface area contributed by atoms with Crippen LogP contribution in [-0.4, -0.2) is 37.0 Å². The molecule has 0 aromatic rings. The van der Waals surface area contributed by atoms with E-state index in [9.17, 15) is 14.4 Å². The lowest BCUT2D eigenvalue weighted by Gasteiger charge is -2.16. The molecule has 2 amide bonds. The maximum absolute atomic E-state index is 11.4. The van der Waals surface area contributed by atoms with Gasteiger partial charge in [-0.3, -0.25) is 9.59 Å². The average Bonchev–Trinajstić information content (AvgIpc) is 2.15. The van der Waals surface area contributed by atoms with Gasteiger partial charge >= 0.3 is 5.97 Å². The molecule has 0 heterocycles. The minimum absolute atomic E-state index is 0.302. The fourth-order valence-corrected chi connectivity index (χ4v) is 0.945. The normalized spacial score (nSPS) is 13.6. The first-order valence-electron chi connectivity index (χ1n) is 4.53. The summed E-state index contributed by atoms with van der Waals surface area (Å²) in [4.78, 5) is 33.0. The number of amides is 2. The van der Waals surface area contributed by atoms with E-state index in [4.69, 9.17) is 0 Å². The molecule has 0 aliphatic carbocycles. The molecule has 0 saturated heterocycles. The van der Waals surface area contributed by atoms with Crippen LogP contribution in [0, 0.1) is 0 Å². The summed E-state index contributed by atoms with van der Waals surface area (Å²) in [6.07, 6.45) is 0. The van der Waals surface area contributed by atoms with Crippen molar-refractivity contribution in [1.29, 1.82) is 0 Å². The van der Waals surface area contributed by atoms with Crippen molar-refractivity contribution in [3.05, 3.63) is 0 Å². The minimum Gasteiger partial charge on any atom is -0.467 e. The highest BCUT2D eigenvalue weighted by molar-refractivity contribution is 5.89. The van der Waals surface area contributed by atoms with Crippen LogP contribution < -0.4 is 10.6 Å². The third-order valence-corrected chi connectivity index (χ3v) is 1.73. The molecule has 0 aliphatic heterocycles. The Morgan fingerprint density at radius 3 is 2.00 bits per heavy atom. The molecule has 2 atom stereocenters. The number of nitrogens with one attached hydrogen (secondary N) is 2. The van der Waals surface area contributed by atoms with Gasteiger partial charge in [0.15, 0.2) is 0 Å².